The van der Waals surface area contributed by atoms with Crippen molar-refractivity contribution in [3.05, 3.63) is 259 Å². The quantitative estimate of drug-likeness (QED) is 0.147. The van der Waals surface area contributed by atoms with E-state index in [1.54, 1.807) is 0 Å². The summed E-state index contributed by atoms with van der Waals surface area (Å²) in [5, 5.41) is 2.63. The zero-order valence-electron chi connectivity index (χ0n) is 35.4. The van der Waals surface area contributed by atoms with Gasteiger partial charge < -0.3 is 4.90 Å². The van der Waals surface area contributed by atoms with Crippen molar-refractivity contribution < 1.29 is 0 Å². The highest BCUT2D eigenvalue weighted by molar-refractivity contribution is 7.25. The fraction of sp³-hybridized carbons (Fsp3) is 0.0323. The molecule has 0 fully saturated rings. The summed E-state index contributed by atoms with van der Waals surface area (Å²) >= 11 is 1.87. The second kappa shape index (κ2) is 15.5. The predicted molar refractivity (Wildman–Crippen MR) is 273 cm³/mol. The van der Waals surface area contributed by atoms with Gasteiger partial charge in [-0.05, 0) is 116 Å². The minimum absolute atomic E-state index is 0.339. The Hall–Kier alpha value is -7.78. The lowest BCUT2D eigenvalue weighted by Crippen LogP contribution is -2.22. The Morgan fingerprint density at radius 2 is 0.859 bits per heavy atom. The summed E-state index contributed by atoms with van der Waals surface area (Å²) < 4.78 is 2.63. The average Bonchev–Trinajstić information content (AvgIpc) is 3.88. The Labute approximate surface area is 378 Å². The van der Waals surface area contributed by atoms with Gasteiger partial charge in [0.15, 0.2) is 0 Å². The zero-order chi connectivity index (χ0) is 42.6. The van der Waals surface area contributed by atoms with Crippen LogP contribution in [0.4, 0.5) is 17.1 Å². The number of thiophene rings is 1. The highest BCUT2D eigenvalue weighted by atomic mass is 32.1. The maximum Gasteiger partial charge on any atom is 0.0540 e. The Morgan fingerprint density at radius 1 is 0.344 bits per heavy atom. The molecule has 0 N–H and O–H groups in total. The standard InChI is InChI=1S/C62H43NS/c1-62(44-21-6-3-7-22-44)56-31-15-12-27-52(56)53-40-39-46(41-57(53)62)63(45-37-35-43(36-38-45)48-30-18-34-60-61(48)55-29-14-17-33-59(55)64-60)58-32-16-13-28-54(58)51-26-11-10-25-50(51)49-24-9-8-23-47(49)42-19-4-2-5-20-42/h2-41H,1H3. The van der Waals surface area contributed by atoms with Crippen LogP contribution in [0.1, 0.15) is 23.6 Å². The first-order valence-electron chi connectivity index (χ1n) is 22.1. The maximum atomic E-state index is 2.48. The van der Waals surface area contributed by atoms with E-state index in [1.165, 1.54) is 86.9 Å². The van der Waals surface area contributed by atoms with E-state index < -0.39 is 0 Å². The molecule has 2 heteroatoms. The van der Waals surface area contributed by atoms with Crippen molar-refractivity contribution in [1.82, 2.24) is 0 Å². The van der Waals surface area contributed by atoms with Crippen LogP contribution in [0.15, 0.2) is 243 Å². The maximum absolute atomic E-state index is 2.48. The number of anilines is 3. The molecule has 302 valence electrons. The minimum Gasteiger partial charge on any atom is -0.310 e. The summed E-state index contributed by atoms with van der Waals surface area (Å²) in [5.41, 5.74) is 19.1. The van der Waals surface area contributed by atoms with Crippen LogP contribution in [0, 0.1) is 0 Å². The van der Waals surface area contributed by atoms with Gasteiger partial charge in [0.25, 0.3) is 0 Å². The van der Waals surface area contributed by atoms with Crippen LogP contribution in [0.3, 0.4) is 0 Å². The number of para-hydroxylation sites is 1. The summed E-state index contributed by atoms with van der Waals surface area (Å²) in [7, 11) is 0. The molecule has 0 aliphatic heterocycles. The first-order chi connectivity index (χ1) is 31.6. The van der Waals surface area contributed by atoms with Crippen LogP contribution in [0.25, 0.3) is 75.8 Å². The van der Waals surface area contributed by atoms with E-state index >= 15 is 0 Å². The second-order valence-corrected chi connectivity index (χ2v) is 18.0. The first kappa shape index (κ1) is 37.9. The van der Waals surface area contributed by atoms with E-state index in [-0.39, 0.29) is 5.41 Å². The van der Waals surface area contributed by atoms with Crippen molar-refractivity contribution in [2.24, 2.45) is 0 Å². The van der Waals surface area contributed by atoms with Gasteiger partial charge in [-0.15, -0.1) is 11.3 Å². The molecule has 1 aliphatic rings. The van der Waals surface area contributed by atoms with Gasteiger partial charge in [-0.1, -0.05) is 200 Å². The van der Waals surface area contributed by atoms with E-state index in [9.17, 15) is 0 Å². The van der Waals surface area contributed by atoms with Crippen LogP contribution in [0.2, 0.25) is 0 Å². The Kier molecular flexibility index (Phi) is 9.21. The summed E-state index contributed by atoms with van der Waals surface area (Å²) in [5.74, 6) is 0. The third kappa shape index (κ3) is 6.13. The number of rotatable bonds is 8. The van der Waals surface area contributed by atoms with Crippen molar-refractivity contribution >= 4 is 48.6 Å². The topological polar surface area (TPSA) is 3.24 Å². The molecule has 64 heavy (non-hydrogen) atoms. The number of hydrogen-bond acceptors (Lipinski definition) is 2. The molecule has 1 aromatic heterocycles. The van der Waals surface area contributed by atoms with Crippen LogP contribution >= 0.6 is 11.3 Å². The third-order valence-corrected chi connectivity index (χ3v) is 14.5. The molecule has 1 nitrogen and oxygen atoms in total. The molecule has 10 aromatic carbocycles. The van der Waals surface area contributed by atoms with Crippen molar-refractivity contribution in [2.45, 2.75) is 12.3 Å². The number of hydrogen-bond donors (Lipinski definition) is 0. The number of fused-ring (bicyclic) bond motifs is 6. The van der Waals surface area contributed by atoms with Crippen LogP contribution in [0.5, 0.6) is 0 Å². The SMILES string of the molecule is CC1(c2ccccc2)c2ccccc2-c2ccc(N(c3ccc(-c4cccc5sc6ccccc6c45)cc3)c3ccccc3-c3ccccc3-c3ccccc3-c3ccccc3)cc21. The molecule has 1 atom stereocenters. The molecule has 0 radical (unpaired) electrons. The van der Waals surface area contributed by atoms with Gasteiger partial charge in [0.1, 0.15) is 0 Å². The lowest BCUT2D eigenvalue weighted by atomic mass is 9.74. The normalized spacial score (nSPS) is 14.1. The average molecular weight is 834 g/mol. The van der Waals surface area contributed by atoms with Gasteiger partial charge in [-0.2, -0.15) is 0 Å². The van der Waals surface area contributed by atoms with E-state index in [0.29, 0.717) is 0 Å². The molecule has 0 saturated carbocycles. The molecule has 1 heterocycles. The number of nitrogens with zero attached hydrogens (tertiary/aromatic N) is 1. The summed E-state index contributed by atoms with van der Waals surface area (Å²) in [6.45, 7) is 2.40. The van der Waals surface area contributed by atoms with Gasteiger partial charge in [-0.3, -0.25) is 0 Å². The second-order valence-electron chi connectivity index (χ2n) is 16.9. The molecular formula is C62H43NS. The van der Waals surface area contributed by atoms with Gasteiger partial charge in [-0.25, -0.2) is 0 Å². The van der Waals surface area contributed by atoms with E-state index in [4.69, 9.17) is 0 Å². The van der Waals surface area contributed by atoms with Crippen molar-refractivity contribution in [3.63, 3.8) is 0 Å². The van der Waals surface area contributed by atoms with E-state index in [1.807, 2.05) is 11.3 Å². The Balaban J connectivity index is 1.07. The molecule has 0 bridgehead atoms. The first-order valence-corrected chi connectivity index (χ1v) is 22.9. The molecular weight excluding hydrogens is 791 g/mol. The molecule has 1 unspecified atom stereocenters. The monoisotopic (exact) mass is 833 g/mol. The van der Waals surface area contributed by atoms with Gasteiger partial charge in [0.2, 0.25) is 0 Å². The van der Waals surface area contributed by atoms with Crippen LogP contribution in [-0.2, 0) is 5.41 Å². The minimum atomic E-state index is -0.339. The van der Waals surface area contributed by atoms with Crippen LogP contribution < -0.4 is 4.90 Å². The van der Waals surface area contributed by atoms with E-state index in [2.05, 4.69) is 254 Å². The van der Waals surface area contributed by atoms with E-state index in [0.717, 1.165) is 22.6 Å². The summed E-state index contributed by atoms with van der Waals surface area (Å²) in [4.78, 5) is 2.48. The predicted octanol–water partition coefficient (Wildman–Crippen LogP) is 17.5. The molecule has 11 aromatic rings. The number of benzene rings is 10. The van der Waals surface area contributed by atoms with Gasteiger partial charge in [0.05, 0.1) is 5.69 Å². The summed E-state index contributed by atoms with van der Waals surface area (Å²) in [6, 6.07) is 89.3. The summed E-state index contributed by atoms with van der Waals surface area (Å²) in [6.07, 6.45) is 0. The molecule has 0 saturated heterocycles. The zero-order valence-corrected chi connectivity index (χ0v) is 36.3. The van der Waals surface area contributed by atoms with Crippen LogP contribution in [-0.4, -0.2) is 0 Å². The fourth-order valence-corrected chi connectivity index (χ4v) is 11.5. The van der Waals surface area contributed by atoms with Crippen molar-refractivity contribution in [1.29, 1.82) is 0 Å². The Bertz CT molecular complexity index is 3510. The molecule has 12 rings (SSSR count). The van der Waals surface area contributed by atoms with Gasteiger partial charge >= 0.3 is 0 Å². The van der Waals surface area contributed by atoms with Crippen molar-refractivity contribution in [3.8, 4) is 55.6 Å². The largest absolute Gasteiger partial charge is 0.310 e. The highest BCUT2D eigenvalue weighted by Gasteiger charge is 2.41. The molecule has 0 spiro atoms. The Morgan fingerprint density at radius 3 is 1.62 bits per heavy atom. The lowest BCUT2D eigenvalue weighted by Gasteiger charge is -2.32. The smallest absolute Gasteiger partial charge is 0.0540 e. The molecule has 0 amide bonds. The highest BCUT2D eigenvalue weighted by Crippen LogP contribution is 2.55. The fourth-order valence-electron chi connectivity index (χ4n) is 10.4. The van der Waals surface area contributed by atoms with Crippen molar-refractivity contribution in [2.75, 3.05) is 4.90 Å². The molecule has 1 aliphatic carbocycles. The lowest BCUT2D eigenvalue weighted by molar-refractivity contribution is 0.714. The third-order valence-electron chi connectivity index (χ3n) is 13.4. The van der Waals surface area contributed by atoms with Gasteiger partial charge in [0, 0.05) is 42.5 Å².